The number of H-pyrrole nitrogens is 1. The number of carbonyl (C=O) groups is 3. The van der Waals surface area contributed by atoms with Crippen molar-refractivity contribution >= 4 is 26.1 Å². The van der Waals surface area contributed by atoms with E-state index in [1.165, 1.54) is 34.6 Å². The standard InChI is InChI=1S/C26H41FN3O15P/c1-14(2)19(28)22(32)44-20-17(7)21(30-9-8-18(31)29-23(30)33)45-26(20,10-27)11-39-46(36,40-12-37-24(34)42-15(3)4)41-13-38-25(35)43-16(5)6/h8-9,14-17,19-21H,10-13,28H2,1-7H3,(H,29,31,33). The number of hydrogen-bond acceptors (Lipinski definition) is 16. The van der Waals surface area contributed by atoms with Crippen LogP contribution in [0.3, 0.4) is 0 Å². The van der Waals surface area contributed by atoms with Crippen LogP contribution in [-0.2, 0) is 51.4 Å². The van der Waals surface area contributed by atoms with Gasteiger partial charge in [0.15, 0.2) is 5.60 Å². The molecule has 3 N–H and O–H groups in total. The van der Waals surface area contributed by atoms with Crippen LogP contribution in [0.15, 0.2) is 21.9 Å². The quantitative estimate of drug-likeness (QED) is 0.110. The molecule has 262 valence electrons. The molecule has 0 amide bonds. The van der Waals surface area contributed by atoms with Gasteiger partial charge in [-0.1, -0.05) is 20.8 Å². The van der Waals surface area contributed by atoms with Crippen molar-refractivity contribution in [2.24, 2.45) is 17.6 Å². The van der Waals surface area contributed by atoms with E-state index in [1.807, 2.05) is 4.98 Å². The van der Waals surface area contributed by atoms with Crippen molar-refractivity contribution in [1.82, 2.24) is 9.55 Å². The highest BCUT2D eigenvalue weighted by atomic mass is 31.2. The number of nitrogens with one attached hydrogen (secondary N) is 1. The van der Waals surface area contributed by atoms with Gasteiger partial charge in [0.1, 0.15) is 25.0 Å². The van der Waals surface area contributed by atoms with Gasteiger partial charge < -0.3 is 34.2 Å². The predicted octanol–water partition coefficient (Wildman–Crippen LogP) is 2.50. The van der Waals surface area contributed by atoms with E-state index in [1.54, 1.807) is 13.8 Å². The fourth-order valence-electron chi connectivity index (χ4n) is 3.97. The summed E-state index contributed by atoms with van der Waals surface area (Å²) in [7, 11) is -4.92. The second-order valence-corrected chi connectivity index (χ2v) is 12.7. The summed E-state index contributed by atoms with van der Waals surface area (Å²) in [5, 5.41) is 0. The van der Waals surface area contributed by atoms with Crippen molar-refractivity contribution in [2.75, 3.05) is 26.9 Å². The average molecular weight is 686 g/mol. The Kier molecular flexibility index (Phi) is 14.3. The molecule has 46 heavy (non-hydrogen) atoms. The van der Waals surface area contributed by atoms with E-state index in [-0.39, 0.29) is 5.92 Å². The minimum absolute atomic E-state index is 0.384. The van der Waals surface area contributed by atoms with Crippen LogP contribution in [-0.4, -0.2) is 84.7 Å². The first-order valence-electron chi connectivity index (χ1n) is 14.2. The number of rotatable bonds is 16. The van der Waals surface area contributed by atoms with Gasteiger partial charge in [-0.3, -0.25) is 23.7 Å². The summed E-state index contributed by atoms with van der Waals surface area (Å²) in [4.78, 5) is 62.7. The number of phosphoric ester groups is 1. The monoisotopic (exact) mass is 685 g/mol. The third kappa shape index (κ3) is 10.9. The van der Waals surface area contributed by atoms with E-state index < -0.39 is 106 Å². The number of hydrogen-bond donors (Lipinski definition) is 2. The number of nitrogens with two attached hydrogens (primary N) is 1. The van der Waals surface area contributed by atoms with Crippen molar-refractivity contribution in [3.8, 4) is 0 Å². The Morgan fingerprint density at radius 2 is 1.57 bits per heavy atom. The molecular formula is C26H41FN3O15P. The second kappa shape index (κ2) is 17.0. The fourth-order valence-corrected chi connectivity index (χ4v) is 4.93. The number of ether oxygens (including phenoxy) is 6. The van der Waals surface area contributed by atoms with E-state index in [2.05, 4.69) is 9.47 Å². The molecule has 0 aliphatic carbocycles. The average Bonchev–Trinajstić information content (AvgIpc) is 3.21. The van der Waals surface area contributed by atoms with E-state index in [4.69, 9.17) is 38.3 Å². The first-order valence-corrected chi connectivity index (χ1v) is 15.6. The molecule has 1 aliphatic rings. The van der Waals surface area contributed by atoms with Gasteiger partial charge in [-0.05, 0) is 33.6 Å². The van der Waals surface area contributed by atoms with Crippen molar-refractivity contribution < 1.29 is 65.3 Å². The third-order valence-corrected chi connectivity index (χ3v) is 7.58. The molecule has 2 heterocycles. The van der Waals surface area contributed by atoms with Gasteiger partial charge in [0.2, 0.25) is 13.6 Å². The van der Waals surface area contributed by atoms with Gasteiger partial charge in [-0.15, -0.1) is 0 Å². The van der Waals surface area contributed by atoms with Crippen LogP contribution in [0.4, 0.5) is 14.0 Å². The highest BCUT2D eigenvalue weighted by Crippen LogP contribution is 2.52. The van der Waals surface area contributed by atoms with Gasteiger partial charge in [-0.25, -0.2) is 32.4 Å². The summed E-state index contributed by atoms with van der Waals surface area (Å²) in [5.74, 6) is -2.31. The Balaban J connectivity index is 2.40. The molecule has 0 radical (unpaired) electrons. The maximum atomic E-state index is 15.1. The number of nitrogens with zero attached hydrogens (tertiary/aromatic N) is 1. The Morgan fingerprint density at radius 1 is 1.02 bits per heavy atom. The summed E-state index contributed by atoms with van der Waals surface area (Å²) in [6.07, 6.45) is -5.31. The summed E-state index contributed by atoms with van der Waals surface area (Å²) in [6.45, 7) is 6.33. The van der Waals surface area contributed by atoms with Crippen LogP contribution in [0.25, 0.3) is 0 Å². The molecular weight excluding hydrogens is 644 g/mol. The second-order valence-electron chi connectivity index (χ2n) is 11.0. The lowest BCUT2D eigenvalue weighted by Gasteiger charge is -2.33. The van der Waals surface area contributed by atoms with Gasteiger partial charge in [0, 0.05) is 18.2 Å². The normalized spacial score (nSPS) is 22.1. The summed E-state index contributed by atoms with van der Waals surface area (Å²) < 4.78 is 75.4. The van der Waals surface area contributed by atoms with Crippen LogP contribution in [0.5, 0.6) is 0 Å². The highest BCUT2D eigenvalue weighted by Gasteiger charge is 2.58. The Hall–Kier alpha value is -3.35. The van der Waals surface area contributed by atoms with Crippen LogP contribution < -0.4 is 17.0 Å². The SMILES string of the molecule is CC(C)OC(=O)OCOP(=O)(OCOC(=O)OC(C)C)OCC1(CF)OC(n2ccc(=O)[nH]c2=O)C(C)C1OC(=O)C(N)C(C)C. The smallest absolute Gasteiger partial charge is 0.457 e. The number of halogens is 1. The summed E-state index contributed by atoms with van der Waals surface area (Å²) >= 11 is 0. The Morgan fingerprint density at radius 3 is 2.02 bits per heavy atom. The van der Waals surface area contributed by atoms with Crippen LogP contribution >= 0.6 is 7.82 Å². The maximum absolute atomic E-state index is 15.1. The fraction of sp³-hybridized carbons (Fsp3) is 0.731. The van der Waals surface area contributed by atoms with Crippen molar-refractivity contribution in [2.45, 2.75) is 84.6 Å². The third-order valence-electron chi connectivity index (χ3n) is 6.29. The number of aromatic amines is 1. The zero-order valence-corrected chi connectivity index (χ0v) is 27.4. The molecule has 0 bridgehead atoms. The molecule has 5 atom stereocenters. The zero-order valence-electron chi connectivity index (χ0n) is 26.5. The molecule has 2 rings (SSSR count). The number of carbonyl (C=O) groups excluding carboxylic acids is 3. The molecule has 1 saturated heterocycles. The van der Waals surface area contributed by atoms with E-state index in [0.29, 0.717) is 0 Å². The molecule has 1 aliphatic heterocycles. The van der Waals surface area contributed by atoms with Gasteiger partial charge in [0.05, 0.1) is 18.8 Å². The lowest BCUT2D eigenvalue weighted by molar-refractivity contribution is -0.174. The molecule has 1 aromatic rings. The van der Waals surface area contributed by atoms with E-state index >= 15 is 4.39 Å². The summed E-state index contributed by atoms with van der Waals surface area (Å²) in [5.41, 5.74) is 2.03. The Labute approximate surface area is 263 Å². The number of phosphoric acid groups is 1. The topological polar surface area (TPSA) is 232 Å². The van der Waals surface area contributed by atoms with Gasteiger partial charge >= 0.3 is 31.8 Å². The molecule has 20 heteroatoms. The lowest BCUT2D eigenvalue weighted by Crippen LogP contribution is -2.51. The van der Waals surface area contributed by atoms with Gasteiger partial charge in [-0.2, -0.15) is 0 Å². The number of esters is 1. The van der Waals surface area contributed by atoms with Crippen molar-refractivity contribution in [1.29, 1.82) is 0 Å². The molecule has 0 saturated carbocycles. The number of alkyl halides is 1. The zero-order chi connectivity index (χ0) is 34.8. The number of aromatic nitrogens is 2. The maximum Gasteiger partial charge on any atom is 0.510 e. The van der Waals surface area contributed by atoms with Gasteiger partial charge in [0.25, 0.3) is 5.56 Å². The molecule has 1 aromatic heterocycles. The molecule has 18 nitrogen and oxygen atoms in total. The van der Waals surface area contributed by atoms with Crippen LogP contribution in [0.1, 0.15) is 54.7 Å². The van der Waals surface area contributed by atoms with Crippen LogP contribution in [0, 0.1) is 11.8 Å². The molecule has 0 aromatic carbocycles. The van der Waals surface area contributed by atoms with Crippen molar-refractivity contribution in [3.63, 3.8) is 0 Å². The Bertz CT molecular complexity index is 1320. The van der Waals surface area contributed by atoms with E-state index in [9.17, 15) is 28.5 Å². The van der Waals surface area contributed by atoms with E-state index in [0.717, 1.165) is 16.8 Å². The summed E-state index contributed by atoms with van der Waals surface area (Å²) in [6, 6.07) is -0.118. The molecule has 0 spiro atoms. The van der Waals surface area contributed by atoms with Crippen molar-refractivity contribution in [3.05, 3.63) is 33.1 Å². The first kappa shape index (κ1) is 38.8. The molecule has 1 fully saturated rings. The molecule has 5 unspecified atom stereocenters. The lowest BCUT2D eigenvalue weighted by atomic mass is 9.91. The largest absolute Gasteiger partial charge is 0.510 e. The van der Waals surface area contributed by atoms with Crippen LogP contribution in [0.2, 0.25) is 0 Å². The minimum Gasteiger partial charge on any atom is -0.457 e. The predicted molar refractivity (Wildman–Crippen MR) is 153 cm³/mol. The first-order chi connectivity index (χ1) is 21.4. The highest BCUT2D eigenvalue weighted by molar-refractivity contribution is 7.48. The minimum atomic E-state index is -4.92.